The first-order valence-corrected chi connectivity index (χ1v) is 7.97. The van der Waals surface area contributed by atoms with Crippen LogP contribution in [0.1, 0.15) is 43.6 Å². The first kappa shape index (κ1) is 15.1. The van der Waals surface area contributed by atoms with Crippen molar-refractivity contribution in [3.63, 3.8) is 0 Å². The van der Waals surface area contributed by atoms with Gasteiger partial charge in [-0.05, 0) is 24.3 Å². The number of hydrogen-bond donors (Lipinski definition) is 0. The predicted octanol–water partition coefficient (Wildman–Crippen LogP) is 2.71. The maximum absolute atomic E-state index is 12.4. The number of carbonyl (C=O) groups is 2. The molecule has 2 aliphatic rings. The zero-order chi connectivity index (χ0) is 15.4. The molecule has 1 aliphatic carbocycles. The third-order valence-corrected chi connectivity index (χ3v) is 4.37. The molecule has 0 aromatic heterocycles. The monoisotopic (exact) mass is 299 g/mol. The van der Waals surface area contributed by atoms with Gasteiger partial charge in [0.05, 0.1) is 24.8 Å². The van der Waals surface area contributed by atoms with E-state index in [4.69, 9.17) is 4.74 Å². The lowest BCUT2D eigenvalue weighted by atomic mass is 9.91. The van der Waals surface area contributed by atoms with Crippen LogP contribution >= 0.6 is 0 Å². The van der Waals surface area contributed by atoms with E-state index in [2.05, 4.69) is 4.99 Å². The molecule has 1 aliphatic heterocycles. The molecule has 4 heteroatoms. The summed E-state index contributed by atoms with van der Waals surface area (Å²) >= 11 is 0. The summed E-state index contributed by atoms with van der Waals surface area (Å²) in [6.45, 7) is 1.28. The minimum atomic E-state index is -0.0170. The van der Waals surface area contributed by atoms with Gasteiger partial charge < -0.3 is 4.74 Å². The van der Waals surface area contributed by atoms with Crippen LogP contribution in [0.2, 0.25) is 0 Å². The second kappa shape index (κ2) is 6.97. The van der Waals surface area contributed by atoms with Gasteiger partial charge in [0.15, 0.2) is 5.78 Å². The highest BCUT2D eigenvalue weighted by Gasteiger charge is 2.28. The molecular formula is C18H21NO3. The molecule has 0 amide bonds. The van der Waals surface area contributed by atoms with E-state index in [0.717, 1.165) is 25.0 Å². The zero-order valence-electron chi connectivity index (χ0n) is 12.7. The van der Waals surface area contributed by atoms with Crippen molar-refractivity contribution in [3.8, 4) is 0 Å². The van der Waals surface area contributed by atoms with Crippen LogP contribution < -0.4 is 0 Å². The average molecular weight is 299 g/mol. The van der Waals surface area contributed by atoms with Gasteiger partial charge in [-0.3, -0.25) is 14.6 Å². The van der Waals surface area contributed by atoms with Crippen molar-refractivity contribution >= 4 is 17.3 Å². The number of carbonyl (C=O) groups excluding carboxylic acids is 2. The summed E-state index contributed by atoms with van der Waals surface area (Å²) in [6, 6.07) is 9.81. The number of aliphatic imine (C=N–C) groups is 1. The van der Waals surface area contributed by atoms with Gasteiger partial charge in [0.1, 0.15) is 5.78 Å². The van der Waals surface area contributed by atoms with Crippen molar-refractivity contribution in [1.82, 2.24) is 0 Å². The van der Waals surface area contributed by atoms with Crippen molar-refractivity contribution in [2.24, 2.45) is 4.99 Å². The SMILES string of the molecule is O=C1CC(=NCC2CCCO2)C(=O)CC(c2ccccc2)C1. The first-order chi connectivity index (χ1) is 10.7. The van der Waals surface area contributed by atoms with Crippen molar-refractivity contribution in [2.45, 2.75) is 44.1 Å². The molecule has 1 heterocycles. The smallest absolute Gasteiger partial charge is 0.177 e. The summed E-state index contributed by atoms with van der Waals surface area (Å²) in [5, 5.41) is 0. The van der Waals surface area contributed by atoms with Crippen LogP contribution in [0.5, 0.6) is 0 Å². The van der Waals surface area contributed by atoms with E-state index in [1.807, 2.05) is 30.3 Å². The third kappa shape index (κ3) is 3.69. The summed E-state index contributed by atoms with van der Waals surface area (Å²) < 4.78 is 5.52. The molecule has 0 bridgehead atoms. The van der Waals surface area contributed by atoms with Gasteiger partial charge in [-0.1, -0.05) is 30.3 Å². The minimum absolute atomic E-state index is 0.0118. The lowest BCUT2D eigenvalue weighted by Crippen LogP contribution is -2.18. The second-order valence-electron chi connectivity index (χ2n) is 6.08. The first-order valence-electron chi connectivity index (χ1n) is 7.97. The number of rotatable bonds is 3. The van der Waals surface area contributed by atoms with E-state index in [1.165, 1.54) is 0 Å². The van der Waals surface area contributed by atoms with E-state index in [0.29, 0.717) is 25.1 Å². The molecule has 22 heavy (non-hydrogen) atoms. The maximum atomic E-state index is 12.4. The molecule has 1 aromatic rings. The topological polar surface area (TPSA) is 55.7 Å². The fraction of sp³-hybridized carbons (Fsp3) is 0.500. The van der Waals surface area contributed by atoms with Crippen LogP contribution in [0, 0.1) is 0 Å². The Balaban J connectivity index is 1.71. The molecule has 1 aromatic carbocycles. The molecule has 0 spiro atoms. The molecule has 1 saturated heterocycles. The van der Waals surface area contributed by atoms with Gasteiger partial charge in [-0.15, -0.1) is 0 Å². The Morgan fingerprint density at radius 2 is 1.95 bits per heavy atom. The van der Waals surface area contributed by atoms with Crippen LogP contribution in [-0.4, -0.2) is 36.5 Å². The number of benzene rings is 1. The highest BCUT2D eigenvalue weighted by Crippen LogP contribution is 2.28. The highest BCUT2D eigenvalue weighted by atomic mass is 16.5. The molecule has 0 N–H and O–H groups in total. The van der Waals surface area contributed by atoms with Crippen molar-refractivity contribution in [3.05, 3.63) is 35.9 Å². The van der Waals surface area contributed by atoms with Crippen molar-refractivity contribution in [2.75, 3.05) is 13.2 Å². The average Bonchev–Trinajstić information content (AvgIpc) is 3.00. The standard InChI is InChI=1S/C18H21NO3/c20-15-9-14(13-5-2-1-3-6-13)10-18(21)17(11-15)19-12-16-7-4-8-22-16/h1-3,5-6,14,16H,4,7-12H2. The van der Waals surface area contributed by atoms with Gasteiger partial charge >= 0.3 is 0 Å². The summed E-state index contributed by atoms with van der Waals surface area (Å²) in [7, 11) is 0. The summed E-state index contributed by atoms with van der Waals surface area (Å²) in [5.41, 5.74) is 1.50. The third-order valence-electron chi connectivity index (χ3n) is 4.37. The zero-order valence-corrected chi connectivity index (χ0v) is 12.7. The van der Waals surface area contributed by atoms with E-state index in [1.54, 1.807) is 0 Å². The molecule has 1 saturated carbocycles. The van der Waals surface area contributed by atoms with Crippen molar-refractivity contribution < 1.29 is 14.3 Å². The van der Waals surface area contributed by atoms with E-state index in [-0.39, 0.29) is 30.0 Å². The van der Waals surface area contributed by atoms with Crippen LogP contribution in [-0.2, 0) is 14.3 Å². The molecule has 116 valence electrons. The summed E-state index contributed by atoms with van der Waals surface area (Å²) in [6.07, 6.45) is 3.14. The lowest BCUT2D eigenvalue weighted by Gasteiger charge is -2.12. The summed E-state index contributed by atoms with van der Waals surface area (Å²) in [4.78, 5) is 29.0. The van der Waals surface area contributed by atoms with Crippen LogP contribution in [0.3, 0.4) is 0 Å². The van der Waals surface area contributed by atoms with Gasteiger partial charge in [0.2, 0.25) is 0 Å². The predicted molar refractivity (Wildman–Crippen MR) is 84.3 cm³/mol. The number of ether oxygens (including phenoxy) is 1. The van der Waals surface area contributed by atoms with E-state index in [9.17, 15) is 9.59 Å². The number of nitrogens with zero attached hydrogens (tertiary/aromatic N) is 1. The Bertz CT molecular complexity index is 573. The molecule has 3 rings (SSSR count). The Morgan fingerprint density at radius 1 is 1.14 bits per heavy atom. The Kier molecular flexibility index (Phi) is 4.78. The molecule has 0 radical (unpaired) electrons. The molecule has 2 fully saturated rings. The largest absolute Gasteiger partial charge is 0.376 e. The minimum Gasteiger partial charge on any atom is -0.376 e. The van der Waals surface area contributed by atoms with Gasteiger partial charge in [0.25, 0.3) is 0 Å². The highest BCUT2D eigenvalue weighted by molar-refractivity contribution is 6.43. The van der Waals surface area contributed by atoms with Gasteiger partial charge in [-0.25, -0.2) is 0 Å². The fourth-order valence-corrected chi connectivity index (χ4v) is 3.15. The number of ketones is 2. The van der Waals surface area contributed by atoms with E-state index < -0.39 is 0 Å². The van der Waals surface area contributed by atoms with E-state index >= 15 is 0 Å². The molecule has 2 unspecified atom stereocenters. The Hall–Kier alpha value is -1.81. The van der Waals surface area contributed by atoms with Crippen LogP contribution in [0.4, 0.5) is 0 Å². The Morgan fingerprint density at radius 3 is 2.68 bits per heavy atom. The second-order valence-corrected chi connectivity index (χ2v) is 6.08. The van der Waals surface area contributed by atoms with Crippen LogP contribution in [0.25, 0.3) is 0 Å². The molecule has 2 atom stereocenters. The van der Waals surface area contributed by atoms with Gasteiger partial charge in [-0.2, -0.15) is 0 Å². The summed E-state index contributed by atoms with van der Waals surface area (Å²) in [5.74, 6) is 0.0973. The van der Waals surface area contributed by atoms with Gasteiger partial charge in [0, 0.05) is 19.4 Å². The van der Waals surface area contributed by atoms with Crippen molar-refractivity contribution in [1.29, 1.82) is 0 Å². The maximum Gasteiger partial charge on any atom is 0.177 e. The molecule has 4 nitrogen and oxygen atoms in total. The normalized spacial score (nSPS) is 28.1. The quantitative estimate of drug-likeness (QED) is 0.806. The lowest BCUT2D eigenvalue weighted by molar-refractivity contribution is -0.118. The number of hydrogen-bond acceptors (Lipinski definition) is 4. The fourth-order valence-electron chi connectivity index (χ4n) is 3.15. The van der Waals surface area contributed by atoms with Crippen LogP contribution in [0.15, 0.2) is 35.3 Å². The number of Topliss-reactive ketones (excluding diaryl/α,β-unsaturated/α-hetero) is 2. The molecular weight excluding hydrogens is 278 g/mol. The Labute approximate surface area is 130 Å².